The number of thioether (sulfide) groups is 1. The van der Waals surface area contributed by atoms with Gasteiger partial charge in [0.2, 0.25) is 0 Å². The van der Waals surface area contributed by atoms with Crippen LogP contribution in [0.25, 0.3) is 6.08 Å². The van der Waals surface area contributed by atoms with E-state index < -0.39 is 12.6 Å². The van der Waals surface area contributed by atoms with E-state index in [1.54, 1.807) is 24.3 Å². The quantitative estimate of drug-likeness (QED) is 0.455. The van der Waals surface area contributed by atoms with Crippen LogP contribution in [0.15, 0.2) is 52.4 Å². The molecule has 0 aliphatic carbocycles. The van der Waals surface area contributed by atoms with E-state index in [1.807, 2.05) is 24.3 Å². The summed E-state index contributed by atoms with van der Waals surface area (Å²) in [4.78, 5) is 27.8. The van der Waals surface area contributed by atoms with Crippen LogP contribution < -0.4 is 14.8 Å². The lowest BCUT2D eigenvalue weighted by Gasteiger charge is -2.09. The molecule has 0 atom stereocenters. The lowest BCUT2D eigenvalue weighted by atomic mass is 10.2. The van der Waals surface area contributed by atoms with Gasteiger partial charge < -0.3 is 19.9 Å². The van der Waals surface area contributed by atoms with Gasteiger partial charge in [0.1, 0.15) is 0 Å². The molecular formula is C19H15IN2O5S. The molecule has 0 radical (unpaired) electrons. The van der Waals surface area contributed by atoms with Gasteiger partial charge in [0.15, 0.2) is 23.3 Å². The van der Waals surface area contributed by atoms with E-state index in [0.717, 1.165) is 9.26 Å². The summed E-state index contributed by atoms with van der Waals surface area (Å²) in [6, 6.07) is 12.6. The Morgan fingerprint density at radius 2 is 2.11 bits per heavy atom. The number of carbonyl (C=O) groups excluding carboxylic acids is 1. The van der Waals surface area contributed by atoms with Crippen molar-refractivity contribution < 1.29 is 24.2 Å². The molecule has 0 aromatic heterocycles. The fraction of sp³-hybridized carbons (Fsp3) is 0.105. The van der Waals surface area contributed by atoms with Gasteiger partial charge in [0.25, 0.3) is 5.91 Å². The Morgan fingerprint density at radius 3 is 2.82 bits per heavy atom. The third-order valence-electron chi connectivity index (χ3n) is 3.53. The van der Waals surface area contributed by atoms with E-state index >= 15 is 0 Å². The molecule has 9 heteroatoms. The molecule has 2 N–H and O–H groups in total. The Kier molecular flexibility index (Phi) is 6.57. The normalized spacial score (nSPS) is 16.3. The highest BCUT2D eigenvalue weighted by molar-refractivity contribution is 14.1. The largest absolute Gasteiger partial charge is 0.493 e. The first-order valence-corrected chi connectivity index (χ1v) is 9.92. The maximum atomic E-state index is 12.2. The number of halogens is 1. The van der Waals surface area contributed by atoms with Crippen molar-refractivity contribution in [3.63, 3.8) is 0 Å². The minimum absolute atomic E-state index is 0.237. The van der Waals surface area contributed by atoms with Gasteiger partial charge in [-0.05, 0) is 76.3 Å². The van der Waals surface area contributed by atoms with Gasteiger partial charge >= 0.3 is 5.97 Å². The SMILES string of the molecule is COc1cc(/C=C2/SC(=Nc3cccc(I)c3)NC2=O)ccc1OCC(=O)O. The molecule has 1 heterocycles. The topological polar surface area (TPSA) is 97.2 Å². The lowest BCUT2D eigenvalue weighted by molar-refractivity contribution is -0.139. The summed E-state index contributed by atoms with van der Waals surface area (Å²) in [6.07, 6.45) is 1.71. The molecule has 2 aromatic rings. The fourth-order valence-electron chi connectivity index (χ4n) is 2.33. The van der Waals surface area contributed by atoms with Crippen LogP contribution in [0.2, 0.25) is 0 Å². The molecule has 28 heavy (non-hydrogen) atoms. The molecule has 0 spiro atoms. The average Bonchev–Trinajstić information content (AvgIpc) is 2.99. The van der Waals surface area contributed by atoms with Gasteiger partial charge in [-0.15, -0.1) is 0 Å². The summed E-state index contributed by atoms with van der Waals surface area (Å²) < 4.78 is 11.5. The molecule has 0 bridgehead atoms. The highest BCUT2D eigenvalue weighted by atomic mass is 127. The Morgan fingerprint density at radius 1 is 1.29 bits per heavy atom. The van der Waals surface area contributed by atoms with Crippen LogP contribution in [0.5, 0.6) is 11.5 Å². The Bertz CT molecular complexity index is 990. The fourth-order valence-corrected chi connectivity index (χ4v) is 3.70. The minimum atomic E-state index is -1.08. The van der Waals surface area contributed by atoms with Crippen LogP contribution in [-0.2, 0) is 9.59 Å². The Labute approximate surface area is 179 Å². The zero-order valence-corrected chi connectivity index (χ0v) is 17.6. The molecule has 0 saturated carbocycles. The van der Waals surface area contributed by atoms with Crippen molar-refractivity contribution in [2.45, 2.75) is 0 Å². The number of methoxy groups -OCH3 is 1. The van der Waals surface area contributed by atoms with Crippen LogP contribution >= 0.6 is 34.4 Å². The number of rotatable bonds is 6. The maximum absolute atomic E-state index is 12.2. The summed E-state index contributed by atoms with van der Waals surface area (Å²) in [7, 11) is 1.46. The van der Waals surface area contributed by atoms with Crippen LogP contribution in [-0.4, -0.2) is 35.9 Å². The molecule has 2 aromatic carbocycles. The predicted molar refractivity (Wildman–Crippen MR) is 116 cm³/mol. The van der Waals surface area contributed by atoms with Crippen molar-refractivity contribution in [3.05, 3.63) is 56.5 Å². The number of hydrogen-bond donors (Lipinski definition) is 2. The summed E-state index contributed by atoms with van der Waals surface area (Å²) in [6.45, 7) is -0.465. The van der Waals surface area contributed by atoms with Gasteiger partial charge in [0, 0.05) is 3.57 Å². The van der Waals surface area contributed by atoms with E-state index in [2.05, 4.69) is 32.9 Å². The van der Waals surface area contributed by atoms with Crippen LogP contribution in [0, 0.1) is 3.57 Å². The first-order chi connectivity index (χ1) is 13.4. The van der Waals surface area contributed by atoms with Crippen LogP contribution in [0.3, 0.4) is 0 Å². The molecule has 1 amide bonds. The number of amidine groups is 1. The molecule has 144 valence electrons. The second kappa shape index (κ2) is 9.11. The number of aliphatic carboxylic acids is 1. The summed E-state index contributed by atoms with van der Waals surface area (Å²) >= 11 is 3.45. The third-order valence-corrected chi connectivity index (χ3v) is 5.11. The summed E-state index contributed by atoms with van der Waals surface area (Å²) in [5.74, 6) is -0.616. The van der Waals surface area contributed by atoms with Gasteiger partial charge in [-0.3, -0.25) is 4.79 Å². The van der Waals surface area contributed by atoms with Gasteiger partial charge in [-0.25, -0.2) is 9.79 Å². The average molecular weight is 510 g/mol. The number of nitrogens with one attached hydrogen (secondary N) is 1. The molecule has 1 aliphatic heterocycles. The first kappa shape index (κ1) is 20.2. The number of benzene rings is 2. The molecule has 3 rings (SSSR count). The van der Waals surface area contributed by atoms with Crippen molar-refractivity contribution in [1.29, 1.82) is 0 Å². The Balaban J connectivity index is 1.79. The van der Waals surface area contributed by atoms with Gasteiger partial charge in [-0.2, -0.15) is 0 Å². The summed E-state index contributed by atoms with van der Waals surface area (Å²) in [5.41, 5.74) is 1.48. The van der Waals surface area contributed by atoms with Crippen molar-refractivity contribution in [3.8, 4) is 11.5 Å². The number of ether oxygens (including phenoxy) is 2. The molecule has 7 nitrogen and oxygen atoms in total. The number of hydrogen-bond acceptors (Lipinski definition) is 6. The van der Waals surface area contributed by atoms with Gasteiger partial charge in [-0.1, -0.05) is 12.1 Å². The Hall–Kier alpha value is -2.53. The third kappa shape index (κ3) is 5.26. The smallest absolute Gasteiger partial charge is 0.341 e. The van der Waals surface area contributed by atoms with Crippen LogP contribution in [0.4, 0.5) is 5.69 Å². The number of carboxylic acids is 1. The predicted octanol–water partition coefficient (Wildman–Crippen LogP) is 3.65. The summed E-state index contributed by atoms with van der Waals surface area (Å²) in [5, 5.41) is 12.0. The minimum Gasteiger partial charge on any atom is -0.493 e. The zero-order valence-electron chi connectivity index (χ0n) is 14.6. The van der Waals surface area contributed by atoms with Crippen molar-refractivity contribution in [2.24, 2.45) is 4.99 Å². The molecular weight excluding hydrogens is 495 g/mol. The van der Waals surface area contributed by atoms with Crippen molar-refractivity contribution in [2.75, 3.05) is 13.7 Å². The number of carboxylic acid groups (broad SMARTS) is 1. The lowest BCUT2D eigenvalue weighted by Crippen LogP contribution is -2.19. The van der Waals surface area contributed by atoms with Crippen molar-refractivity contribution >= 4 is 63.2 Å². The van der Waals surface area contributed by atoms with E-state index in [9.17, 15) is 9.59 Å². The van der Waals surface area contributed by atoms with Gasteiger partial charge in [0.05, 0.1) is 17.7 Å². The highest BCUT2D eigenvalue weighted by Gasteiger charge is 2.24. The van der Waals surface area contributed by atoms with E-state index in [0.29, 0.717) is 27.1 Å². The van der Waals surface area contributed by atoms with E-state index in [1.165, 1.54) is 18.9 Å². The number of amides is 1. The monoisotopic (exact) mass is 510 g/mol. The highest BCUT2D eigenvalue weighted by Crippen LogP contribution is 2.32. The van der Waals surface area contributed by atoms with Crippen molar-refractivity contribution in [1.82, 2.24) is 5.32 Å². The standard InChI is InChI=1S/C19H15IN2O5S/c1-26-15-7-11(5-6-14(15)27-10-17(23)24)8-16-18(25)22-19(28-16)21-13-4-2-3-12(20)9-13/h2-9H,10H2,1H3,(H,23,24)(H,21,22,25)/b16-8+. The number of carbonyl (C=O) groups is 2. The van der Waals surface area contributed by atoms with E-state index in [-0.39, 0.29) is 5.91 Å². The molecule has 1 saturated heterocycles. The molecule has 1 aliphatic rings. The zero-order chi connectivity index (χ0) is 20.1. The maximum Gasteiger partial charge on any atom is 0.341 e. The first-order valence-electron chi connectivity index (χ1n) is 8.02. The second-order valence-electron chi connectivity index (χ2n) is 5.55. The molecule has 0 unspecified atom stereocenters. The number of aliphatic imine (C=N–C) groups is 1. The molecule has 1 fully saturated rings. The number of nitrogens with zero attached hydrogens (tertiary/aromatic N) is 1. The van der Waals surface area contributed by atoms with E-state index in [4.69, 9.17) is 14.6 Å². The van der Waals surface area contributed by atoms with Crippen LogP contribution in [0.1, 0.15) is 5.56 Å². The second-order valence-corrected chi connectivity index (χ2v) is 7.83.